The maximum Gasteiger partial charge on any atom is 0.220 e. The molecule has 0 spiro atoms. The minimum absolute atomic E-state index is 0.00159. The molecule has 1 atom stereocenters. The van der Waals surface area contributed by atoms with E-state index in [9.17, 15) is 9.18 Å². The number of nitrogens with one attached hydrogen (secondary N) is 2. The van der Waals surface area contributed by atoms with Crippen molar-refractivity contribution >= 4 is 5.91 Å². The number of rotatable bonds is 6. The van der Waals surface area contributed by atoms with Gasteiger partial charge in [0.15, 0.2) is 0 Å². The Morgan fingerprint density at radius 3 is 2.52 bits per heavy atom. The van der Waals surface area contributed by atoms with Crippen LogP contribution < -0.4 is 5.32 Å². The molecule has 0 saturated carbocycles. The lowest BCUT2D eigenvalue weighted by molar-refractivity contribution is -0.122. The third-order valence-electron chi connectivity index (χ3n) is 5.83. The number of aliphatic hydroxyl groups is 1. The third-order valence-corrected chi connectivity index (χ3v) is 5.83. The predicted molar refractivity (Wildman–Crippen MR) is 121 cm³/mol. The fourth-order valence-electron chi connectivity index (χ4n) is 4.12. The Hall–Kier alpha value is -3.85. The Labute approximate surface area is 189 Å². The Balaban J connectivity index is 1.49. The quantitative estimate of drug-likeness (QED) is 0.422. The van der Waals surface area contributed by atoms with Crippen molar-refractivity contribution in [2.75, 3.05) is 13.2 Å². The molecule has 1 aliphatic rings. The summed E-state index contributed by atoms with van der Waals surface area (Å²) in [5.41, 5.74) is 4.93. The molecular formula is C24H23FN6O2. The summed E-state index contributed by atoms with van der Waals surface area (Å²) in [7, 11) is 0. The highest BCUT2D eigenvalue weighted by Gasteiger charge is 2.26. The fourth-order valence-corrected chi connectivity index (χ4v) is 4.12. The number of benzene rings is 2. The molecule has 8 nitrogen and oxygen atoms in total. The zero-order chi connectivity index (χ0) is 22.8. The lowest BCUT2D eigenvalue weighted by Gasteiger charge is -2.22. The van der Waals surface area contributed by atoms with Crippen molar-refractivity contribution in [3.8, 4) is 33.9 Å². The normalized spacial score (nSPS) is 16.1. The second-order valence-electron chi connectivity index (χ2n) is 8.06. The van der Waals surface area contributed by atoms with Gasteiger partial charge in [0.1, 0.15) is 17.3 Å². The number of hydrogen-bond acceptors (Lipinski definition) is 5. The van der Waals surface area contributed by atoms with Gasteiger partial charge in [-0.05, 0) is 30.7 Å². The number of imidazole rings is 1. The standard InChI is InChI=1S/C24H23FN6O2/c25-19-7-5-16(6-8-19)22-23(18-9-10-26-21(33)13-18)28-24(27-22)17-3-1-15(2-4-17)20-14-31(11-12-32)30-29-20/h1-8,14,18,32H,9-13H2,(H,26,33)(H,27,28). The van der Waals surface area contributed by atoms with Crippen molar-refractivity contribution < 1.29 is 14.3 Å². The number of piperidine rings is 1. The summed E-state index contributed by atoms with van der Waals surface area (Å²) < 4.78 is 15.1. The molecule has 0 bridgehead atoms. The number of carbonyl (C=O) groups is 1. The Morgan fingerprint density at radius 1 is 1.06 bits per heavy atom. The van der Waals surface area contributed by atoms with E-state index in [2.05, 4.69) is 20.6 Å². The first-order chi connectivity index (χ1) is 16.1. The second kappa shape index (κ2) is 8.95. The molecule has 1 unspecified atom stereocenters. The van der Waals surface area contributed by atoms with Crippen LogP contribution >= 0.6 is 0 Å². The molecule has 0 radical (unpaired) electrons. The lowest BCUT2D eigenvalue weighted by atomic mass is 9.91. The predicted octanol–water partition coefficient (Wildman–Crippen LogP) is 3.13. The van der Waals surface area contributed by atoms with E-state index >= 15 is 0 Å². The van der Waals surface area contributed by atoms with Gasteiger partial charge in [0.05, 0.1) is 25.0 Å². The monoisotopic (exact) mass is 446 g/mol. The zero-order valence-electron chi connectivity index (χ0n) is 17.8. The van der Waals surface area contributed by atoms with E-state index in [0.717, 1.165) is 40.2 Å². The summed E-state index contributed by atoms with van der Waals surface area (Å²) in [5, 5.41) is 20.1. The van der Waals surface area contributed by atoms with Crippen molar-refractivity contribution in [2.45, 2.75) is 25.3 Å². The van der Waals surface area contributed by atoms with Crippen LogP contribution in [0.25, 0.3) is 33.9 Å². The van der Waals surface area contributed by atoms with Crippen LogP contribution in [0.2, 0.25) is 0 Å². The van der Waals surface area contributed by atoms with Gasteiger partial charge in [0.2, 0.25) is 5.91 Å². The first-order valence-electron chi connectivity index (χ1n) is 10.8. The largest absolute Gasteiger partial charge is 0.394 e. The highest BCUT2D eigenvalue weighted by molar-refractivity contribution is 5.79. The van der Waals surface area contributed by atoms with Gasteiger partial charge in [-0.15, -0.1) is 5.10 Å². The Morgan fingerprint density at radius 2 is 1.79 bits per heavy atom. The number of H-pyrrole nitrogens is 1. The molecule has 4 aromatic rings. The number of hydrogen-bond donors (Lipinski definition) is 3. The maximum absolute atomic E-state index is 13.5. The van der Waals surface area contributed by atoms with E-state index in [1.807, 2.05) is 24.3 Å². The summed E-state index contributed by atoms with van der Waals surface area (Å²) >= 11 is 0. The summed E-state index contributed by atoms with van der Waals surface area (Å²) in [5.74, 6) is 0.414. The van der Waals surface area contributed by atoms with Crippen molar-refractivity contribution in [3.05, 3.63) is 66.2 Å². The first kappa shape index (κ1) is 21.0. The number of aliphatic hydroxyl groups excluding tert-OH is 1. The minimum atomic E-state index is -0.306. The average Bonchev–Trinajstić information content (AvgIpc) is 3.48. The minimum Gasteiger partial charge on any atom is -0.394 e. The lowest BCUT2D eigenvalue weighted by Crippen LogP contribution is -2.32. The highest BCUT2D eigenvalue weighted by Crippen LogP contribution is 2.35. The van der Waals surface area contributed by atoms with Crippen LogP contribution in [0.3, 0.4) is 0 Å². The Kier molecular flexibility index (Phi) is 5.70. The van der Waals surface area contributed by atoms with Crippen molar-refractivity contribution in [3.63, 3.8) is 0 Å². The number of amides is 1. The smallest absolute Gasteiger partial charge is 0.220 e. The van der Waals surface area contributed by atoms with Gasteiger partial charge in [-0.1, -0.05) is 29.5 Å². The first-order valence-corrected chi connectivity index (χ1v) is 10.8. The number of halogens is 1. The number of aromatic amines is 1. The Bertz CT molecular complexity index is 1260. The van der Waals surface area contributed by atoms with Gasteiger partial charge in [0.25, 0.3) is 0 Å². The maximum atomic E-state index is 13.5. The van der Waals surface area contributed by atoms with E-state index in [1.54, 1.807) is 23.0 Å². The second-order valence-corrected chi connectivity index (χ2v) is 8.06. The van der Waals surface area contributed by atoms with Gasteiger partial charge in [-0.2, -0.15) is 0 Å². The van der Waals surface area contributed by atoms with Crippen molar-refractivity contribution in [1.29, 1.82) is 0 Å². The van der Waals surface area contributed by atoms with E-state index in [0.29, 0.717) is 25.3 Å². The van der Waals surface area contributed by atoms with E-state index in [-0.39, 0.29) is 24.2 Å². The molecule has 33 heavy (non-hydrogen) atoms. The van der Waals surface area contributed by atoms with Gasteiger partial charge in [-0.3, -0.25) is 4.79 Å². The molecule has 5 rings (SSSR count). The van der Waals surface area contributed by atoms with E-state index in [4.69, 9.17) is 10.1 Å². The van der Waals surface area contributed by atoms with Crippen LogP contribution in [0.5, 0.6) is 0 Å². The van der Waals surface area contributed by atoms with Gasteiger partial charge >= 0.3 is 0 Å². The molecule has 1 saturated heterocycles. The molecule has 2 aromatic carbocycles. The van der Waals surface area contributed by atoms with E-state index < -0.39 is 0 Å². The summed E-state index contributed by atoms with van der Waals surface area (Å²) in [6.45, 7) is 1.01. The number of carbonyl (C=O) groups excluding carboxylic acids is 1. The van der Waals surface area contributed by atoms with Gasteiger partial charge in [-0.25, -0.2) is 14.1 Å². The van der Waals surface area contributed by atoms with Crippen LogP contribution in [-0.2, 0) is 11.3 Å². The van der Waals surface area contributed by atoms with Crippen LogP contribution in [0.15, 0.2) is 54.7 Å². The molecule has 2 aromatic heterocycles. The summed E-state index contributed by atoms with van der Waals surface area (Å²) in [6.07, 6.45) is 2.99. The topological polar surface area (TPSA) is 109 Å². The summed E-state index contributed by atoms with van der Waals surface area (Å²) in [4.78, 5) is 20.3. The van der Waals surface area contributed by atoms with Gasteiger partial charge in [0, 0.05) is 41.3 Å². The summed E-state index contributed by atoms with van der Waals surface area (Å²) in [6, 6.07) is 14.0. The van der Waals surface area contributed by atoms with Crippen LogP contribution in [0.1, 0.15) is 24.5 Å². The number of nitrogens with zero attached hydrogens (tertiary/aromatic N) is 4. The molecule has 3 heterocycles. The molecule has 1 aliphatic heterocycles. The van der Waals surface area contributed by atoms with Crippen LogP contribution in [0, 0.1) is 5.82 Å². The van der Waals surface area contributed by atoms with Crippen LogP contribution in [-0.4, -0.2) is 49.1 Å². The molecule has 3 N–H and O–H groups in total. The molecule has 9 heteroatoms. The molecule has 1 fully saturated rings. The molecular weight excluding hydrogens is 423 g/mol. The zero-order valence-corrected chi connectivity index (χ0v) is 17.8. The van der Waals surface area contributed by atoms with E-state index in [1.165, 1.54) is 12.1 Å². The molecule has 1 amide bonds. The SMILES string of the molecule is O=C1CC(c2[nH]c(-c3ccc(-c4cn(CCO)nn4)cc3)nc2-c2ccc(F)cc2)CCN1. The van der Waals surface area contributed by atoms with Crippen molar-refractivity contribution in [1.82, 2.24) is 30.3 Å². The molecule has 168 valence electrons. The van der Waals surface area contributed by atoms with Crippen molar-refractivity contribution in [2.24, 2.45) is 0 Å². The average molecular weight is 446 g/mol. The number of aromatic nitrogens is 5. The van der Waals surface area contributed by atoms with Crippen LogP contribution in [0.4, 0.5) is 4.39 Å². The van der Waals surface area contributed by atoms with Gasteiger partial charge < -0.3 is 15.4 Å². The molecule has 0 aliphatic carbocycles. The highest BCUT2D eigenvalue weighted by atomic mass is 19.1. The fraction of sp³-hybridized carbons (Fsp3) is 0.250. The third kappa shape index (κ3) is 4.40.